The van der Waals surface area contributed by atoms with Gasteiger partial charge in [-0.05, 0) is 30.7 Å². The Morgan fingerprint density at radius 2 is 2.00 bits per heavy atom. The van der Waals surface area contributed by atoms with Crippen molar-refractivity contribution in [2.24, 2.45) is 0 Å². The number of benzene rings is 1. The Morgan fingerprint density at radius 1 is 1.24 bits per heavy atom. The van der Waals surface area contributed by atoms with Crippen LogP contribution in [-0.4, -0.2) is 5.11 Å². The summed E-state index contributed by atoms with van der Waals surface area (Å²) in [6, 6.07) is 7.13. The summed E-state index contributed by atoms with van der Waals surface area (Å²) < 4.78 is 5.16. The second kappa shape index (κ2) is 5.13. The monoisotopic (exact) mass is 270 g/mol. The molecule has 1 N–H and O–H groups in total. The Labute approximate surface area is 110 Å². The molecule has 2 rings (SSSR count). The van der Waals surface area contributed by atoms with E-state index in [1.165, 1.54) is 0 Å². The van der Waals surface area contributed by atoms with E-state index in [0.717, 1.165) is 16.9 Å². The highest BCUT2D eigenvalue weighted by molar-refractivity contribution is 6.42. The van der Waals surface area contributed by atoms with Crippen LogP contribution in [0.1, 0.15) is 23.0 Å². The first kappa shape index (κ1) is 12.5. The molecule has 1 atom stereocenters. The van der Waals surface area contributed by atoms with Crippen LogP contribution in [0.5, 0.6) is 0 Å². The minimum Gasteiger partial charge on any atom is -0.469 e. The molecule has 0 aliphatic heterocycles. The van der Waals surface area contributed by atoms with Gasteiger partial charge in [0.25, 0.3) is 0 Å². The summed E-state index contributed by atoms with van der Waals surface area (Å²) >= 11 is 11.8. The minimum absolute atomic E-state index is 0.483. The van der Waals surface area contributed by atoms with Gasteiger partial charge in [-0.2, -0.15) is 0 Å². The van der Waals surface area contributed by atoms with Crippen molar-refractivity contribution in [2.75, 3.05) is 0 Å². The number of aryl methyl sites for hydroxylation is 1. The minimum atomic E-state index is -0.592. The molecule has 17 heavy (non-hydrogen) atoms. The standard InChI is InChI=1S/C13H12Cl2O2/c1-8-10(4-5-17-8)13(16)7-9-2-3-11(14)12(15)6-9/h2-6,13,16H,7H2,1H3. The lowest BCUT2D eigenvalue weighted by atomic mass is 10.0. The highest BCUT2D eigenvalue weighted by Gasteiger charge is 2.13. The molecule has 2 aromatic rings. The lowest BCUT2D eigenvalue weighted by molar-refractivity contribution is 0.176. The highest BCUT2D eigenvalue weighted by atomic mass is 35.5. The molecule has 1 heterocycles. The number of rotatable bonds is 3. The van der Waals surface area contributed by atoms with Gasteiger partial charge in [-0.15, -0.1) is 0 Å². The van der Waals surface area contributed by atoms with Gasteiger partial charge >= 0.3 is 0 Å². The van der Waals surface area contributed by atoms with E-state index in [1.807, 2.05) is 13.0 Å². The predicted molar refractivity (Wildman–Crippen MR) is 68.6 cm³/mol. The normalized spacial score (nSPS) is 12.7. The maximum absolute atomic E-state index is 10.1. The number of hydrogen-bond acceptors (Lipinski definition) is 2. The van der Waals surface area contributed by atoms with E-state index in [4.69, 9.17) is 27.6 Å². The van der Waals surface area contributed by atoms with Crippen molar-refractivity contribution >= 4 is 23.2 Å². The number of hydrogen-bond donors (Lipinski definition) is 1. The number of aliphatic hydroxyl groups excluding tert-OH is 1. The predicted octanol–water partition coefficient (Wildman–Crippen LogP) is 4.17. The number of aliphatic hydroxyl groups is 1. The van der Waals surface area contributed by atoms with Gasteiger partial charge in [-0.3, -0.25) is 0 Å². The molecular formula is C13H12Cl2O2. The van der Waals surface area contributed by atoms with Crippen LogP contribution >= 0.6 is 23.2 Å². The van der Waals surface area contributed by atoms with E-state index in [1.54, 1.807) is 24.5 Å². The van der Waals surface area contributed by atoms with Gasteiger partial charge in [0.05, 0.1) is 22.4 Å². The molecule has 2 nitrogen and oxygen atoms in total. The fourth-order valence-corrected chi connectivity index (χ4v) is 2.06. The second-order valence-corrected chi connectivity index (χ2v) is 4.71. The Bertz CT molecular complexity index is 520. The largest absolute Gasteiger partial charge is 0.469 e. The van der Waals surface area contributed by atoms with Crippen LogP contribution in [0.3, 0.4) is 0 Å². The molecule has 0 fully saturated rings. The van der Waals surface area contributed by atoms with Crippen LogP contribution < -0.4 is 0 Å². The summed E-state index contributed by atoms with van der Waals surface area (Å²) in [7, 11) is 0. The lowest BCUT2D eigenvalue weighted by Crippen LogP contribution is -2.02. The molecule has 0 saturated carbocycles. The van der Waals surface area contributed by atoms with Crippen LogP contribution in [0.4, 0.5) is 0 Å². The molecule has 0 bridgehead atoms. The molecule has 1 unspecified atom stereocenters. The van der Waals surface area contributed by atoms with Gasteiger partial charge in [-0.1, -0.05) is 29.3 Å². The van der Waals surface area contributed by atoms with Gasteiger partial charge < -0.3 is 9.52 Å². The zero-order chi connectivity index (χ0) is 12.4. The van der Waals surface area contributed by atoms with E-state index in [9.17, 15) is 5.11 Å². The molecule has 90 valence electrons. The average Bonchev–Trinajstić information content (AvgIpc) is 2.70. The van der Waals surface area contributed by atoms with Crippen molar-refractivity contribution in [1.82, 2.24) is 0 Å². The van der Waals surface area contributed by atoms with Gasteiger partial charge in [-0.25, -0.2) is 0 Å². The molecule has 0 spiro atoms. The van der Waals surface area contributed by atoms with Crippen molar-refractivity contribution in [1.29, 1.82) is 0 Å². The second-order valence-electron chi connectivity index (χ2n) is 3.90. The fraction of sp³-hybridized carbons (Fsp3) is 0.231. The van der Waals surface area contributed by atoms with Crippen LogP contribution in [-0.2, 0) is 6.42 Å². The Morgan fingerprint density at radius 3 is 2.59 bits per heavy atom. The molecular weight excluding hydrogens is 259 g/mol. The fourth-order valence-electron chi connectivity index (χ4n) is 1.74. The SMILES string of the molecule is Cc1occc1C(O)Cc1ccc(Cl)c(Cl)c1. The molecule has 0 radical (unpaired) electrons. The maximum atomic E-state index is 10.1. The van der Waals surface area contributed by atoms with Crippen molar-refractivity contribution in [3.8, 4) is 0 Å². The topological polar surface area (TPSA) is 33.4 Å². The van der Waals surface area contributed by atoms with Crippen molar-refractivity contribution in [3.63, 3.8) is 0 Å². The highest BCUT2D eigenvalue weighted by Crippen LogP contribution is 2.27. The van der Waals surface area contributed by atoms with E-state index >= 15 is 0 Å². The van der Waals surface area contributed by atoms with Crippen LogP contribution in [0.2, 0.25) is 10.0 Å². The number of furan rings is 1. The Balaban J connectivity index is 2.16. The summed E-state index contributed by atoms with van der Waals surface area (Å²) in [6.45, 7) is 1.83. The van der Waals surface area contributed by atoms with Crippen molar-refractivity contribution in [2.45, 2.75) is 19.4 Å². The quantitative estimate of drug-likeness (QED) is 0.908. The zero-order valence-electron chi connectivity index (χ0n) is 9.28. The first-order valence-electron chi connectivity index (χ1n) is 5.24. The Hall–Kier alpha value is -0.960. The molecule has 1 aromatic heterocycles. The molecule has 1 aromatic carbocycles. The summed E-state index contributed by atoms with van der Waals surface area (Å²) in [6.07, 6.45) is 1.46. The van der Waals surface area contributed by atoms with Gasteiger partial charge in [0.2, 0.25) is 0 Å². The third kappa shape index (κ3) is 2.83. The molecule has 0 saturated heterocycles. The van der Waals surface area contributed by atoms with E-state index < -0.39 is 6.10 Å². The van der Waals surface area contributed by atoms with E-state index in [0.29, 0.717) is 16.5 Å². The summed E-state index contributed by atoms with van der Waals surface area (Å²) in [5.74, 6) is 0.734. The average molecular weight is 271 g/mol. The smallest absolute Gasteiger partial charge is 0.106 e. The lowest BCUT2D eigenvalue weighted by Gasteiger charge is -2.10. The number of halogens is 2. The molecule has 0 amide bonds. The maximum Gasteiger partial charge on any atom is 0.106 e. The van der Waals surface area contributed by atoms with E-state index in [-0.39, 0.29) is 0 Å². The Kier molecular flexibility index (Phi) is 3.77. The first-order chi connectivity index (χ1) is 8.08. The van der Waals surface area contributed by atoms with Gasteiger partial charge in [0.1, 0.15) is 5.76 Å². The molecule has 0 aliphatic carbocycles. The van der Waals surface area contributed by atoms with Gasteiger partial charge in [0.15, 0.2) is 0 Å². The van der Waals surface area contributed by atoms with Crippen LogP contribution in [0, 0.1) is 6.92 Å². The third-order valence-corrected chi connectivity index (χ3v) is 3.41. The molecule has 0 aliphatic rings. The molecule has 4 heteroatoms. The summed E-state index contributed by atoms with van der Waals surface area (Å²) in [4.78, 5) is 0. The van der Waals surface area contributed by atoms with Crippen LogP contribution in [0.25, 0.3) is 0 Å². The van der Waals surface area contributed by atoms with Crippen molar-refractivity contribution < 1.29 is 9.52 Å². The van der Waals surface area contributed by atoms with Crippen LogP contribution in [0.15, 0.2) is 34.9 Å². The van der Waals surface area contributed by atoms with Crippen molar-refractivity contribution in [3.05, 3.63) is 57.5 Å². The zero-order valence-corrected chi connectivity index (χ0v) is 10.8. The first-order valence-corrected chi connectivity index (χ1v) is 5.99. The van der Waals surface area contributed by atoms with E-state index in [2.05, 4.69) is 0 Å². The van der Waals surface area contributed by atoms with Gasteiger partial charge in [0, 0.05) is 12.0 Å². The summed E-state index contributed by atoms with van der Waals surface area (Å²) in [5, 5.41) is 11.1. The summed E-state index contributed by atoms with van der Waals surface area (Å²) in [5.41, 5.74) is 1.74. The third-order valence-electron chi connectivity index (χ3n) is 2.67.